The second kappa shape index (κ2) is 7.49. The molecule has 0 aliphatic heterocycles. The van der Waals surface area contributed by atoms with E-state index in [0.717, 1.165) is 11.3 Å². The highest BCUT2D eigenvalue weighted by atomic mass is 32.1. The van der Waals surface area contributed by atoms with Crippen LogP contribution in [0.3, 0.4) is 0 Å². The average Bonchev–Trinajstić information content (AvgIpc) is 2.80. The monoisotopic (exact) mass is 361 g/mol. The maximum Gasteiger partial charge on any atom is 0.234 e. The highest BCUT2D eigenvalue weighted by Crippen LogP contribution is 2.16. The van der Waals surface area contributed by atoms with E-state index in [1.807, 2.05) is 37.3 Å². The molecule has 0 spiro atoms. The molecule has 2 rings (SSSR count). The Kier molecular flexibility index (Phi) is 5.80. The van der Waals surface area contributed by atoms with E-state index in [2.05, 4.69) is 42.5 Å². The van der Waals surface area contributed by atoms with E-state index in [4.69, 9.17) is 12.2 Å². The molecule has 1 N–H and O–H groups in total. The molecule has 0 atom stereocenters. The lowest BCUT2D eigenvalue weighted by Crippen LogP contribution is -2.45. The SMILES string of the molecule is Cc1ccc(C)c(-n2cnn(CN(C)CC(=O)NC(C)(C)C)c2=S)c1. The van der Waals surface area contributed by atoms with Gasteiger partial charge in [0.2, 0.25) is 10.7 Å². The molecule has 136 valence electrons. The van der Waals surface area contributed by atoms with Crippen LogP contribution in [0.5, 0.6) is 0 Å². The van der Waals surface area contributed by atoms with E-state index in [1.54, 1.807) is 11.0 Å². The second-order valence-electron chi connectivity index (χ2n) is 7.53. The summed E-state index contributed by atoms with van der Waals surface area (Å²) in [6.45, 7) is 10.7. The number of rotatable bonds is 5. The molecule has 6 nitrogen and oxygen atoms in total. The highest BCUT2D eigenvalue weighted by molar-refractivity contribution is 7.71. The van der Waals surface area contributed by atoms with Gasteiger partial charge in [-0.05, 0) is 71.1 Å². The maximum absolute atomic E-state index is 12.0. The number of hydrogen-bond acceptors (Lipinski definition) is 4. The Bertz CT molecular complexity index is 816. The fourth-order valence-corrected chi connectivity index (χ4v) is 2.81. The van der Waals surface area contributed by atoms with Crippen molar-refractivity contribution in [1.82, 2.24) is 24.6 Å². The van der Waals surface area contributed by atoms with Crippen molar-refractivity contribution in [1.29, 1.82) is 0 Å². The van der Waals surface area contributed by atoms with Crippen molar-refractivity contribution >= 4 is 18.1 Å². The van der Waals surface area contributed by atoms with Crippen LogP contribution in [-0.2, 0) is 11.5 Å². The fourth-order valence-electron chi connectivity index (χ4n) is 2.56. The summed E-state index contributed by atoms with van der Waals surface area (Å²) in [5.74, 6) is -0.0181. The lowest BCUT2D eigenvalue weighted by molar-refractivity contribution is -0.123. The van der Waals surface area contributed by atoms with Crippen LogP contribution in [0.1, 0.15) is 31.9 Å². The molecule has 0 bridgehead atoms. The number of amides is 1. The third kappa shape index (κ3) is 5.24. The van der Waals surface area contributed by atoms with Crippen molar-refractivity contribution in [2.75, 3.05) is 13.6 Å². The second-order valence-corrected chi connectivity index (χ2v) is 7.89. The van der Waals surface area contributed by atoms with E-state index in [9.17, 15) is 4.79 Å². The molecule has 1 amide bonds. The van der Waals surface area contributed by atoms with Crippen LogP contribution >= 0.6 is 12.2 Å². The minimum Gasteiger partial charge on any atom is -0.350 e. The van der Waals surface area contributed by atoms with Crippen molar-refractivity contribution in [3.05, 3.63) is 40.4 Å². The van der Waals surface area contributed by atoms with Gasteiger partial charge in [-0.2, -0.15) is 5.10 Å². The lowest BCUT2D eigenvalue weighted by atomic mass is 10.1. The summed E-state index contributed by atoms with van der Waals surface area (Å²) >= 11 is 5.57. The van der Waals surface area contributed by atoms with Gasteiger partial charge in [0, 0.05) is 5.54 Å². The predicted molar refractivity (Wildman–Crippen MR) is 102 cm³/mol. The zero-order chi connectivity index (χ0) is 18.8. The van der Waals surface area contributed by atoms with E-state index in [0.29, 0.717) is 11.4 Å². The number of aryl methyl sites for hydroxylation is 2. The van der Waals surface area contributed by atoms with Gasteiger partial charge in [-0.15, -0.1) is 0 Å². The van der Waals surface area contributed by atoms with Crippen molar-refractivity contribution in [3.63, 3.8) is 0 Å². The van der Waals surface area contributed by atoms with Gasteiger partial charge in [0.25, 0.3) is 0 Å². The predicted octanol–water partition coefficient (Wildman–Crippen LogP) is 2.82. The molecule has 0 radical (unpaired) electrons. The van der Waals surface area contributed by atoms with Crippen molar-refractivity contribution in [2.24, 2.45) is 0 Å². The third-order valence-corrected chi connectivity index (χ3v) is 4.07. The summed E-state index contributed by atoms with van der Waals surface area (Å²) in [4.78, 5) is 13.9. The van der Waals surface area contributed by atoms with Gasteiger partial charge in [-0.3, -0.25) is 14.3 Å². The molecule has 0 unspecified atom stereocenters. The summed E-state index contributed by atoms with van der Waals surface area (Å²) < 4.78 is 4.24. The van der Waals surface area contributed by atoms with Gasteiger partial charge in [-0.1, -0.05) is 12.1 Å². The molecule has 0 saturated carbocycles. The van der Waals surface area contributed by atoms with Gasteiger partial charge < -0.3 is 5.32 Å². The van der Waals surface area contributed by atoms with Crippen LogP contribution in [0, 0.1) is 18.6 Å². The molecule has 1 aromatic carbocycles. The van der Waals surface area contributed by atoms with E-state index in [-0.39, 0.29) is 18.0 Å². The quantitative estimate of drug-likeness (QED) is 0.832. The Morgan fingerprint density at radius 2 is 2.00 bits per heavy atom. The summed E-state index contributed by atoms with van der Waals surface area (Å²) in [5, 5.41) is 7.34. The van der Waals surface area contributed by atoms with Crippen LogP contribution in [0.25, 0.3) is 5.69 Å². The number of benzene rings is 1. The van der Waals surface area contributed by atoms with Gasteiger partial charge in [-0.25, -0.2) is 4.68 Å². The molecule has 1 heterocycles. The molecule has 25 heavy (non-hydrogen) atoms. The molecule has 0 aliphatic carbocycles. The van der Waals surface area contributed by atoms with Gasteiger partial charge in [0.15, 0.2) is 0 Å². The molecular formula is C18H27N5OS. The minimum absolute atomic E-state index is 0.0181. The van der Waals surface area contributed by atoms with Crippen LogP contribution in [0.15, 0.2) is 24.5 Å². The van der Waals surface area contributed by atoms with Gasteiger partial charge in [0.1, 0.15) is 6.33 Å². The third-order valence-electron chi connectivity index (χ3n) is 3.66. The first-order chi connectivity index (χ1) is 11.6. The van der Waals surface area contributed by atoms with Crippen LogP contribution in [0.2, 0.25) is 0 Å². The zero-order valence-corrected chi connectivity index (χ0v) is 16.6. The fraction of sp³-hybridized carbons (Fsp3) is 0.500. The summed E-state index contributed by atoms with van der Waals surface area (Å²) in [6, 6.07) is 6.25. The first-order valence-corrected chi connectivity index (χ1v) is 8.69. The number of nitrogens with zero attached hydrogens (tertiary/aromatic N) is 4. The summed E-state index contributed by atoms with van der Waals surface area (Å²) in [6.07, 6.45) is 1.73. The van der Waals surface area contributed by atoms with Crippen LogP contribution in [-0.4, -0.2) is 44.3 Å². The largest absolute Gasteiger partial charge is 0.350 e. The zero-order valence-electron chi connectivity index (χ0n) is 15.8. The molecule has 2 aromatic rings. The van der Waals surface area contributed by atoms with E-state index >= 15 is 0 Å². The Hall–Kier alpha value is -1.99. The Balaban J connectivity index is 2.12. The van der Waals surface area contributed by atoms with Gasteiger partial charge >= 0.3 is 0 Å². The normalized spacial score (nSPS) is 11.8. The number of nitrogens with one attached hydrogen (secondary N) is 1. The van der Waals surface area contributed by atoms with E-state index < -0.39 is 0 Å². The number of carbonyl (C=O) groups excluding carboxylic acids is 1. The highest BCUT2D eigenvalue weighted by Gasteiger charge is 2.16. The molecule has 0 saturated heterocycles. The van der Waals surface area contributed by atoms with Crippen molar-refractivity contribution in [3.8, 4) is 5.69 Å². The summed E-state index contributed by atoms with van der Waals surface area (Å²) in [7, 11) is 1.88. The topological polar surface area (TPSA) is 55.1 Å². The smallest absolute Gasteiger partial charge is 0.234 e. The first kappa shape index (κ1) is 19.3. The number of likely N-dealkylation sites (N-methyl/N-ethyl adjacent to an activating group) is 1. The Labute approximate surface area is 154 Å². The van der Waals surface area contributed by atoms with Crippen molar-refractivity contribution in [2.45, 2.75) is 46.8 Å². The number of hydrogen-bond donors (Lipinski definition) is 1. The number of carbonyl (C=O) groups is 1. The molecule has 1 aromatic heterocycles. The van der Waals surface area contributed by atoms with Crippen molar-refractivity contribution < 1.29 is 4.79 Å². The van der Waals surface area contributed by atoms with Gasteiger partial charge in [0.05, 0.1) is 18.9 Å². The van der Waals surface area contributed by atoms with Crippen LogP contribution < -0.4 is 5.32 Å². The lowest BCUT2D eigenvalue weighted by Gasteiger charge is -2.23. The summed E-state index contributed by atoms with van der Waals surface area (Å²) in [5.41, 5.74) is 3.10. The molecular weight excluding hydrogens is 334 g/mol. The number of aromatic nitrogens is 3. The maximum atomic E-state index is 12.0. The minimum atomic E-state index is -0.238. The standard InChI is InChI=1S/C18H27N5OS/c1-13-7-8-14(2)15(9-13)22-11-19-23(17(22)25)12-21(6)10-16(24)20-18(3,4)5/h7-9,11H,10,12H2,1-6H3,(H,20,24). The van der Waals surface area contributed by atoms with Crippen LogP contribution in [0.4, 0.5) is 0 Å². The molecule has 7 heteroatoms. The van der Waals surface area contributed by atoms with E-state index in [1.165, 1.54) is 5.56 Å². The molecule has 0 aliphatic rings. The average molecular weight is 362 g/mol. The Morgan fingerprint density at radius 3 is 2.64 bits per heavy atom. The Morgan fingerprint density at radius 1 is 1.32 bits per heavy atom. The first-order valence-electron chi connectivity index (χ1n) is 8.28. The molecule has 0 fully saturated rings.